The summed E-state index contributed by atoms with van der Waals surface area (Å²) in [5.74, 6) is 1.31. The van der Waals surface area contributed by atoms with E-state index in [1.54, 1.807) is 0 Å². The van der Waals surface area contributed by atoms with Crippen LogP contribution in [0.15, 0.2) is 28.7 Å². The van der Waals surface area contributed by atoms with E-state index in [-0.39, 0.29) is 5.91 Å². The second-order valence-corrected chi connectivity index (χ2v) is 6.27. The van der Waals surface area contributed by atoms with Crippen LogP contribution in [0.4, 0.5) is 0 Å². The van der Waals surface area contributed by atoms with Gasteiger partial charge in [0.05, 0.1) is 0 Å². The summed E-state index contributed by atoms with van der Waals surface area (Å²) in [6.45, 7) is 4.53. The highest BCUT2D eigenvalue weighted by Crippen LogP contribution is 2.29. The Balaban J connectivity index is 2.03. The Bertz CT molecular complexity index is 432. The molecular weight excluding hydrogens is 290 g/mol. The summed E-state index contributed by atoms with van der Waals surface area (Å²) in [6.07, 6.45) is 3.60. The Kier molecular flexibility index (Phi) is 4.44. The fraction of sp³-hybridized carbons (Fsp3) is 0.533. The normalized spacial score (nSPS) is 27.8. The first-order valence-electron chi connectivity index (χ1n) is 6.64. The number of carbonyl (C=O) groups is 1. The summed E-state index contributed by atoms with van der Waals surface area (Å²) < 4.78 is 0.945. The standard InChI is InChI=1S/C15H20BrNO/c1-10-5-3-8-14(11(10)2)17-15(18)12-6-4-7-13(16)9-12/h4,6-7,9-11,14H,3,5,8H2,1-2H3,(H,17,18). The number of rotatable bonds is 2. The molecule has 2 rings (SSSR count). The molecule has 3 heteroatoms. The van der Waals surface area contributed by atoms with Crippen molar-refractivity contribution in [2.75, 3.05) is 0 Å². The number of hydrogen-bond donors (Lipinski definition) is 1. The van der Waals surface area contributed by atoms with Crippen LogP contribution in [0.5, 0.6) is 0 Å². The third-order valence-electron chi connectivity index (χ3n) is 4.11. The Morgan fingerprint density at radius 2 is 2.11 bits per heavy atom. The molecule has 1 fully saturated rings. The lowest BCUT2D eigenvalue weighted by Crippen LogP contribution is -2.43. The van der Waals surface area contributed by atoms with E-state index in [4.69, 9.17) is 0 Å². The van der Waals surface area contributed by atoms with Gasteiger partial charge < -0.3 is 5.32 Å². The molecule has 0 spiro atoms. The second-order valence-electron chi connectivity index (χ2n) is 5.36. The van der Waals surface area contributed by atoms with Crippen LogP contribution in [0.25, 0.3) is 0 Å². The van der Waals surface area contributed by atoms with Gasteiger partial charge in [-0.25, -0.2) is 0 Å². The Morgan fingerprint density at radius 1 is 1.33 bits per heavy atom. The molecular formula is C15H20BrNO. The molecule has 18 heavy (non-hydrogen) atoms. The van der Waals surface area contributed by atoms with Crippen LogP contribution in [0, 0.1) is 11.8 Å². The number of nitrogens with one attached hydrogen (secondary N) is 1. The Labute approximate surface area is 117 Å². The second kappa shape index (κ2) is 5.87. The molecule has 0 aromatic heterocycles. The molecule has 3 atom stereocenters. The molecule has 1 aliphatic carbocycles. The van der Waals surface area contributed by atoms with Gasteiger partial charge in [-0.2, -0.15) is 0 Å². The van der Waals surface area contributed by atoms with E-state index in [9.17, 15) is 4.79 Å². The largest absolute Gasteiger partial charge is 0.349 e. The highest BCUT2D eigenvalue weighted by atomic mass is 79.9. The van der Waals surface area contributed by atoms with Gasteiger partial charge in [-0.05, 0) is 36.5 Å². The lowest BCUT2D eigenvalue weighted by atomic mass is 9.78. The van der Waals surface area contributed by atoms with Gasteiger partial charge >= 0.3 is 0 Å². The van der Waals surface area contributed by atoms with Crippen molar-refractivity contribution in [3.8, 4) is 0 Å². The average molecular weight is 310 g/mol. The number of amides is 1. The third-order valence-corrected chi connectivity index (χ3v) is 4.60. The van der Waals surface area contributed by atoms with E-state index in [1.807, 2.05) is 24.3 Å². The minimum absolute atomic E-state index is 0.0438. The number of hydrogen-bond acceptors (Lipinski definition) is 1. The van der Waals surface area contributed by atoms with E-state index in [2.05, 4.69) is 35.1 Å². The highest BCUT2D eigenvalue weighted by molar-refractivity contribution is 9.10. The van der Waals surface area contributed by atoms with Crippen molar-refractivity contribution in [2.45, 2.75) is 39.2 Å². The van der Waals surface area contributed by atoms with Crippen molar-refractivity contribution in [1.29, 1.82) is 0 Å². The zero-order chi connectivity index (χ0) is 13.1. The van der Waals surface area contributed by atoms with Crippen LogP contribution in [0.1, 0.15) is 43.5 Å². The molecule has 1 N–H and O–H groups in total. The van der Waals surface area contributed by atoms with Gasteiger partial charge in [0, 0.05) is 16.1 Å². The average Bonchev–Trinajstić information content (AvgIpc) is 2.35. The predicted molar refractivity (Wildman–Crippen MR) is 77.6 cm³/mol. The maximum absolute atomic E-state index is 12.2. The van der Waals surface area contributed by atoms with E-state index in [1.165, 1.54) is 12.8 Å². The van der Waals surface area contributed by atoms with Gasteiger partial charge in [0.2, 0.25) is 0 Å². The number of carbonyl (C=O) groups excluding carboxylic acids is 1. The van der Waals surface area contributed by atoms with Crippen LogP contribution in [-0.2, 0) is 0 Å². The topological polar surface area (TPSA) is 29.1 Å². The molecule has 0 bridgehead atoms. The number of halogens is 1. The molecule has 2 nitrogen and oxygen atoms in total. The summed E-state index contributed by atoms with van der Waals surface area (Å²) in [5, 5.41) is 3.18. The Hall–Kier alpha value is -0.830. The number of benzene rings is 1. The van der Waals surface area contributed by atoms with Crippen molar-refractivity contribution in [1.82, 2.24) is 5.32 Å². The van der Waals surface area contributed by atoms with Crippen molar-refractivity contribution in [3.05, 3.63) is 34.3 Å². The van der Waals surface area contributed by atoms with Crippen LogP contribution < -0.4 is 5.32 Å². The van der Waals surface area contributed by atoms with Crippen LogP contribution in [0.3, 0.4) is 0 Å². The fourth-order valence-corrected chi connectivity index (χ4v) is 3.07. The van der Waals surface area contributed by atoms with E-state index >= 15 is 0 Å². The predicted octanol–water partition coefficient (Wildman–Crippen LogP) is 4.00. The van der Waals surface area contributed by atoms with Crippen LogP contribution >= 0.6 is 15.9 Å². The zero-order valence-corrected chi connectivity index (χ0v) is 12.5. The van der Waals surface area contributed by atoms with Gasteiger partial charge in [0.25, 0.3) is 5.91 Å². The van der Waals surface area contributed by atoms with Gasteiger partial charge in [-0.1, -0.05) is 48.7 Å². The van der Waals surface area contributed by atoms with Crippen molar-refractivity contribution in [3.63, 3.8) is 0 Å². The molecule has 3 unspecified atom stereocenters. The van der Waals surface area contributed by atoms with Gasteiger partial charge in [0.15, 0.2) is 0 Å². The quantitative estimate of drug-likeness (QED) is 0.879. The molecule has 1 aromatic rings. The summed E-state index contributed by atoms with van der Waals surface area (Å²) >= 11 is 3.40. The fourth-order valence-electron chi connectivity index (χ4n) is 2.67. The molecule has 1 aliphatic rings. The minimum atomic E-state index is 0.0438. The van der Waals surface area contributed by atoms with Gasteiger partial charge in [-0.15, -0.1) is 0 Å². The lowest BCUT2D eigenvalue weighted by molar-refractivity contribution is 0.0891. The van der Waals surface area contributed by atoms with E-state index in [0.29, 0.717) is 17.9 Å². The maximum atomic E-state index is 12.2. The molecule has 1 saturated carbocycles. The summed E-state index contributed by atoms with van der Waals surface area (Å²) in [6, 6.07) is 7.87. The summed E-state index contributed by atoms with van der Waals surface area (Å²) in [5.41, 5.74) is 0.731. The van der Waals surface area contributed by atoms with Gasteiger partial charge in [-0.3, -0.25) is 4.79 Å². The first-order chi connectivity index (χ1) is 8.58. The van der Waals surface area contributed by atoms with Crippen LogP contribution in [-0.4, -0.2) is 11.9 Å². The minimum Gasteiger partial charge on any atom is -0.349 e. The monoisotopic (exact) mass is 309 g/mol. The van der Waals surface area contributed by atoms with E-state index < -0.39 is 0 Å². The zero-order valence-electron chi connectivity index (χ0n) is 10.9. The van der Waals surface area contributed by atoms with E-state index in [0.717, 1.165) is 16.5 Å². The molecule has 0 heterocycles. The first kappa shape index (κ1) is 13.6. The van der Waals surface area contributed by atoms with Crippen molar-refractivity contribution in [2.24, 2.45) is 11.8 Å². The molecule has 1 aromatic carbocycles. The highest BCUT2D eigenvalue weighted by Gasteiger charge is 2.28. The molecule has 98 valence electrons. The molecule has 0 aliphatic heterocycles. The summed E-state index contributed by atoms with van der Waals surface area (Å²) in [7, 11) is 0. The van der Waals surface area contributed by atoms with Gasteiger partial charge in [0.1, 0.15) is 0 Å². The third kappa shape index (κ3) is 3.14. The molecule has 1 amide bonds. The van der Waals surface area contributed by atoms with Crippen molar-refractivity contribution >= 4 is 21.8 Å². The Morgan fingerprint density at radius 3 is 2.83 bits per heavy atom. The SMILES string of the molecule is CC1CCCC(NC(=O)c2cccc(Br)c2)C1C. The molecule has 0 radical (unpaired) electrons. The van der Waals surface area contributed by atoms with Crippen molar-refractivity contribution < 1.29 is 4.79 Å². The lowest BCUT2D eigenvalue weighted by Gasteiger charge is -2.34. The van der Waals surface area contributed by atoms with Crippen LogP contribution in [0.2, 0.25) is 0 Å². The maximum Gasteiger partial charge on any atom is 0.251 e. The smallest absolute Gasteiger partial charge is 0.251 e. The summed E-state index contributed by atoms with van der Waals surface area (Å²) in [4.78, 5) is 12.2. The molecule has 0 saturated heterocycles. The first-order valence-corrected chi connectivity index (χ1v) is 7.43.